The zero-order chi connectivity index (χ0) is 40.2. The van der Waals surface area contributed by atoms with Gasteiger partial charge in [-0.15, -0.1) is 0 Å². The van der Waals surface area contributed by atoms with Crippen molar-refractivity contribution in [3.63, 3.8) is 0 Å². The number of nitrogens with one attached hydrogen (secondary N) is 2. The first kappa shape index (κ1) is 43.0. The number of nitrogens with zero attached hydrogens (tertiary/aromatic N) is 5. The van der Waals surface area contributed by atoms with E-state index in [4.69, 9.17) is 5.73 Å². The van der Waals surface area contributed by atoms with E-state index in [0.29, 0.717) is 21.0 Å². The Morgan fingerprint density at radius 1 is 0.792 bits per heavy atom. The number of carbonyl (C=O) groups is 3. The largest absolute Gasteiger partial charge is 0.418 e. The van der Waals surface area contributed by atoms with Crippen LogP contribution in [0.15, 0.2) is 24.5 Å². The van der Waals surface area contributed by atoms with E-state index in [0.717, 1.165) is 39.5 Å². The van der Waals surface area contributed by atoms with Gasteiger partial charge in [-0.25, -0.2) is 9.97 Å². The lowest BCUT2D eigenvalue weighted by Crippen LogP contribution is -2.30. The number of hydrogen-bond acceptors (Lipinski definition) is 10. The second-order valence-corrected chi connectivity index (χ2v) is 21.2. The van der Waals surface area contributed by atoms with Crippen LogP contribution in [-0.2, 0) is 21.9 Å². The molecule has 0 unspecified atom stereocenters. The molecular weight excluding hydrogens is 1020 g/mol. The lowest BCUT2D eigenvalue weighted by Gasteiger charge is -2.15. The highest BCUT2D eigenvalue weighted by molar-refractivity contribution is 9.20. The van der Waals surface area contributed by atoms with Crippen molar-refractivity contribution in [3.8, 4) is 0 Å². The zero-order valence-electron chi connectivity index (χ0n) is 27.9. The average Bonchev–Trinajstić information content (AvgIpc) is 3.78. The Hall–Kier alpha value is -2.73. The normalized spacial score (nSPS) is 12.8. The molecule has 2 aromatic carbocycles. The van der Waals surface area contributed by atoms with Crippen LogP contribution in [0.3, 0.4) is 0 Å². The maximum atomic E-state index is 13.7. The molecule has 0 saturated heterocycles. The van der Waals surface area contributed by atoms with Gasteiger partial charge in [0.15, 0.2) is 10.3 Å². The number of halogens is 10. The van der Waals surface area contributed by atoms with Crippen LogP contribution in [0.25, 0.3) is 42.2 Å². The van der Waals surface area contributed by atoms with Crippen LogP contribution in [-0.4, -0.2) is 59.4 Å². The fourth-order valence-electron chi connectivity index (χ4n) is 4.21. The Balaban J connectivity index is 0.000000218. The first-order chi connectivity index (χ1) is 24.0. The van der Waals surface area contributed by atoms with E-state index in [2.05, 4.69) is 94.3 Å². The molecule has 53 heavy (non-hydrogen) atoms. The number of hydrogen-bond donors (Lipinski definition) is 3. The predicted molar refractivity (Wildman–Crippen MR) is 209 cm³/mol. The molecule has 0 spiro atoms. The highest BCUT2D eigenvalue weighted by Crippen LogP contribution is 2.43. The van der Waals surface area contributed by atoms with Crippen molar-refractivity contribution in [1.29, 1.82) is 0 Å². The molecule has 0 aliphatic carbocycles. The smallest absolute Gasteiger partial charge is 0.375 e. The number of carbonyl (C=O) groups excluding carboxylic acids is 3. The van der Waals surface area contributed by atoms with Crippen LogP contribution < -0.4 is 11.1 Å². The lowest BCUT2D eigenvalue weighted by atomic mass is 10.1. The van der Waals surface area contributed by atoms with Gasteiger partial charge in [0.25, 0.3) is 5.91 Å². The second-order valence-electron chi connectivity index (χ2n) is 12.5. The van der Waals surface area contributed by atoms with Crippen molar-refractivity contribution in [3.05, 3.63) is 35.7 Å². The van der Waals surface area contributed by atoms with Gasteiger partial charge in [-0.1, -0.05) is 70.5 Å². The molecule has 11 nitrogen and oxygen atoms in total. The van der Waals surface area contributed by atoms with Gasteiger partial charge in [-0.3, -0.25) is 19.5 Å². The molecule has 0 radical (unpaired) electrons. The first-order valence-electron chi connectivity index (χ1n) is 14.6. The number of thiazole rings is 2. The van der Waals surface area contributed by atoms with Gasteiger partial charge in [0.05, 0.1) is 63.6 Å². The number of anilines is 2. The number of aromatic nitrogens is 6. The minimum absolute atomic E-state index is 0.0182. The topological polar surface area (TPSA) is 162 Å². The van der Waals surface area contributed by atoms with Crippen molar-refractivity contribution >= 4 is 155 Å². The summed E-state index contributed by atoms with van der Waals surface area (Å²) in [6.07, 6.45) is -6.38. The Labute approximate surface area is 337 Å². The average molecular weight is 1040 g/mol. The van der Waals surface area contributed by atoms with Crippen LogP contribution in [0.5, 0.6) is 0 Å². The third kappa shape index (κ3) is 9.75. The van der Waals surface area contributed by atoms with Gasteiger partial charge in [0.1, 0.15) is 4.32 Å². The van der Waals surface area contributed by atoms with E-state index < -0.39 is 48.3 Å². The van der Waals surface area contributed by atoms with E-state index in [9.17, 15) is 40.7 Å². The van der Waals surface area contributed by atoms with Gasteiger partial charge < -0.3 is 11.1 Å². The number of H-pyrrole nitrogens is 1. The third-order valence-electron chi connectivity index (χ3n) is 6.85. The van der Waals surface area contributed by atoms with E-state index in [-0.39, 0.29) is 36.2 Å². The van der Waals surface area contributed by atoms with Gasteiger partial charge in [-0.2, -0.15) is 41.2 Å². The first-order valence-corrected chi connectivity index (χ1v) is 19.4. The van der Waals surface area contributed by atoms with Crippen LogP contribution in [0.2, 0.25) is 0 Å². The van der Waals surface area contributed by atoms with Crippen molar-refractivity contribution in [2.45, 2.75) is 66.9 Å². The van der Waals surface area contributed by atoms with Crippen LogP contribution in [0.4, 0.5) is 36.6 Å². The lowest BCUT2D eigenvalue weighted by molar-refractivity contribution is -0.137. The number of aromatic amines is 1. The molecule has 0 atom stereocenters. The molecule has 1 amide bonds. The monoisotopic (exact) mass is 1040 g/mol. The molecule has 0 aliphatic heterocycles. The Kier molecular flexibility index (Phi) is 12.2. The molecule has 0 aliphatic rings. The summed E-state index contributed by atoms with van der Waals surface area (Å²) in [5, 5.41) is 13.8. The molecule has 0 saturated carbocycles. The molecule has 286 valence electrons. The summed E-state index contributed by atoms with van der Waals surface area (Å²) < 4.78 is 78.9. The second kappa shape index (κ2) is 15.1. The zero-order valence-corrected chi connectivity index (χ0v) is 35.9. The van der Waals surface area contributed by atoms with E-state index in [1.807, 2.05) is 0 Å². The Morgan fingerprint density at radius 3 is 1.83 bits per heavy atom. The van der Waals surface area contributed by atoms with Crippen LogP contribution >= 0.6 is 86.4 Å². The van der Waals surface area contributed by atoms with Crippen molar-refractivity contribution in [1.82, 2.24) is 29.9 Å². The number of fused-ring (bicyclic) bond motifs is 6. The minimum Gasteiger partial charge on any atom is -0.375 e. The molecule has 6 rings (SSSR count). The van der Waals surface area contributed by atoms with E-state index in [1.165, 1.54) is 12.4 Å². The highest BCUT2D eigenvalue weighted by atomic mass is 79.9. The molecule has 4 N–H and O–H groups in total. The number of benzene rings is 2. The summed E-state index contributed by atoms with van der Waals surface area (Å²) in [6, 6.07) is 1.87. The molecular formula is C30H26Br4F6N8O3S2. The van der Waals surface area contributed by atoms with E-state index in [1.54, 1.807) is 41.5 Å². The summed E-state index contributed by atoms with van der Waals surface area (Å²) in [5.41, 5.74) is 3.60. The number of amides is 1. The summed E-state index contributed by atoms with van der Waals surface area (Å²) in [5.74, 6) is -0.965. The standard InChI is InChI=1S/C17H15Br2F3N4O2S.C9H5F3N4S.C4H6Br2O/c1-15(2,18)12(27)25-14-24-10-8(17(20,21)22)5-9-7(11(10)29-14)6-23-26(9)13(28)16(3,4)19;10-9(11,12)4-1-5-3(2-14-16-5)7-6(4)15-8(13)17-7;1-4(2,6)3(5)7/h5-6H,1-4H3,(H,24,25,27);1-2H,(H2,13,15)(H,14,16);1-2H3. The molecule has 4 heterocycles. The maximum Gasteiger partial charge on any atom is 0.418 e. The molecule has 0 bridgehead atoms. The fourth-order valence-corrected chi connectivity index (χ4v) is 6.34. The minimum atomic E-state index is -4.71. The summed E-state index contributed by atoms with van der Waals surface area (Å²) in [4.78, 5) is 42.9. The van der Waals surface area contributed by atoms with Crippen molar-refractivity contribution < 1.29 is 40.7 Å². The van der Waals surface area contributed by atoms with Gasteiger partial charge in [-0.05, 0) is 69.6 Å². The fraction of sp³-hybridized carbons (Fsp3) is 0.367. The van der Waals surface area contributed by atoms with Crippen LogP contribution in [0.1, 0.15) is 57.5 Å². The Bertz CT molecular complexity index is 2370. The van der Waals surface area contributed by atoms with Gasteiger partial charge in [0, 0.05) is 10.8 Å². The highest BCUT2D eigenvalue weighted by Gasteiger charge is 2.38. The van der Waals surface area contributed by atoms with Crippen molar-refractivity contribution in [2.24, 2.45) is 0 Å². The number of alkyl halides is 9. The molecule has 6 aromatic rings. The summed E-state index contributed by atoms with van der Waals surface area (Å²) in [7, 11) is 0. The van der Waals surface area contributed by atoms with Gasteiger partial charge in [0.2, 0.25) is 10.6 Å². The number of nitrogens with two attached hydrogens (primary N) is 1. The van der Waals surface area contributed by atoms with Crippen molar-refractivity contribution in [2.75, 3.05) is 11.1 Å². The van der Waals surface area contributed by atoms with Gasteiger partial charge >= 0.3 is 12.4 Å². The van der Waals surface area contributed by atoms with E-state index >= 15 is 0 Å². The maximum absolute atomic E-state index is 13.7. The predicted octanol–water partition coefficient (Wildman–Crippen LogP) is 10.4. The third-order valence-corrected chi connectivity index (χ3v) is 11.4. The van der Waals surface area contributed by atoms with Crippen LogP contribution in [0, 0.1) is 0 Å². The number of rotatable bonds is 4. The number of nitrogen functional groups attached to an aromatic ring is 1. The Morgan fingerprint density at radius 2 is 1.32 bits per heavy atom. The quantitative estimate of drug-likeness (QED) is 0.0893. The summed E-state index contributed by atoms with van der Waals surface area (Å²) in [6.45, 7) is 9.93. The molecule has 0 fully saturated rings. The SMILES string of the molecule is CC(C)(Br)C(=O)Br.CC(C)(Br)C(=O)Nc1nc2c(C(F)(F)F)cc3c(cnn3C(=O)C(C)(C)Br)c2s1.Nc1nc2c(C(F)(F)F)cc3[nH]ncc3c2s1. The molecule has 23 heteroatoms. The molecule has 4 aromatic heterocycles. The summed E-state index contributed by atoms with van der Waals surface area (Å²) >= 11 is 14.3.